The number of hydrogen-bond acceptors (Lipinski definition) is 1. The molecule has 2 nitrogen and oxygen atoms in total. The summed E-state index contributed by atoms with van der Waals surface area (Å²) in [5.41, 5.74) is 2.11. The molecule has 0 heterocycles. The summed E-state index contributed by atoms with van der Waals surface area (Å²) >= 11 is 0. The number of hydrogen-bond donors (Lipinski definition) is 1. The van der Waals surface area contributed by atoms with Gasteiger partial charge in [0.2, 0.25) is 0 Å². The van der Waals surface area contributed by atoms with Crippen LogP contribution in [0.5, 0.6) is 0 Å². The molecule has 1 rings (SSSR count). The zero-order valence-electron chi connectivity index (χ0n) is 7.98. The molecule has 0 saturated heterocycles. The Morgan fingerprint density at radius 2 is 2.00 bits per heavy atom. The van der Waals surface area contributed by atoms with Crippen molar-refractivity contribution >= 4 is 5.97 Å². The molecule has 1 aliphatic carbocycles. The van der Waals surface area contributed by atoms with E-state index in [0.717, 1.165) is 12.8 Å². The van der Waals surface area contributed by atoms with Gasteiger partial charge in [-0.15, -0.1) is 0 Å². The van der Waals surface area contributed by atoms with Crippen molar-refractivity contribution in [2.24, 2.45) is 5.41 Å². The normalized spacial score (nSPS) is 30.6. The van der Waals surface area contributed by atoms with Gasteiger partial charge in [-0.25, -0.2) is 0 Å². The summed E-state index contributed by atoms with van der Waals surface area (Å²) in [6, 6.07) is 0. The predicted octanol–water partition coefficient (Wildman–Crippen LogP) is 2.60. The summed E-state index contributed by atoms with van der Waals surface area (Å²) in [7, 11) is 0. The first-order valence-corrected chi connectivity index (χ1v) is 4.34. The maximum Gasteiger partial charge on any atom is 0.309 e. The van der Waals surface area contributed by atoms with E-state index in [4.69, 9.17) is 5.11 Å². The Bertz CT molecular complexity index is 240. The monoisotopic (exact) mass is 168 g/mol. The maximum absolute atomic E-state index is 10.9. The molecule has 0 aromatic heterocycles. The Morgan fingerprint density at radius 3 is 2.42 bits per heavy atom. The highest BCUT2D eigenvalue weighted by molar-refractivity contribution is 5.74. The number of allylic oxidation sites excluding steroid dienone is 2. The minimum atomic E-state index is -0.658. The third-order valence-corrected chi connectivity index (χ3v) is 2.95. The lowest BCUT2D eigenvalue weighted by atomic mass is 9.74. The third-order valence-electron chi connectivity index (χ3n) is 2.95. The molecule has 0 amide bonds. The van der Waals surface area contributed by atoms with Gasteiger partial charge in [-0.1, -0.05) is 11.1 Å². The number of rotatable bonds is 1. The smallest absolute Gasteiger partial charge is 0.309 e. The zero-order valence-corrected chi connectivity index (χ0v) is 7.98. The molecule has 1 aliphatic rings. The standard InChI is InChI=1S/C10H16O2/c1-7-4-5-10(3,9(11)12)6-8(7)2/h4-6H2,1-3H3,(H,11,12)/t10-/m1/s1. The van der Waals surface area contributed by atoms with E-state index < -0.39 is 11.4 Å². The van der Waals surface area contributed by atoms with Crippen molar-refractivity contribution in [3.05, 3.63) is 11.1 Å². The summed E-state index contributed by atoms with van der Waals surface area (Å²) in [6.07, 6.45) is 2.44. The summed E-state index contributed by atoms with van der Waals surface area (Å²) in [5.74, 6) is -0.658. The maximum atomic E-state index is 10.9. The van der Waals surface area contributed by atoms with Gasteiger partial charge in [-0.2, -0.15) is 0 Å². The molecule has 1 N–H and O–H groups in total. The number of aliphatic carboxylic acids is 1. The first-order chi connectivity index (χ1) is 5.46. The summed E-state index contributed by atoms with van der Waals surface area (Å²) in [5, 5.41) is 8.98. The molecule has 0 radical (unpaired) electrons. The van der Waals surface area contributed by atoms with E-state index in [1.165, 1.54) is 11.1 Å². The van der Waals surface area contributed by atoms with Crippen LogP contribution in [0.2, 0.25) is 0 Å². The van der Waals surface area contributed by atoms with Crippen LogP contribution in [0.15, 0.2) is 11.1 Å². The van der Waals surface area contributed by atoms with Crippen LogP contribution in [0, 0.1) is 5.41 Å². The lowest BCUT2D eigenvalue weighted by Gasteiger charge is -2.30. The van der Waals surface area contributed by atoms with Gasteiger partial charge in [-0.3, -0.25) is 4.79 Å². The summed E-state index contributed by atoms with van der Waals surface area (Å²) < 4.78 is 0. The molecule has 0 bridgehead atoms. The SMILES string of the molecule is CC1=C(C)C[C@](C)(C(=O)O)CC1. The van der Waals surface area contributed by atoms with E-state index in [9.17, 15) is 4.79 Å². The molecule has 68 valence electrons. The van der Waals surface area contributed by atoms with Crippen LogP contribution in [0.3, 0.4) is 0 Å². The second-order valence-corrected chi connectivity index (χ2v) is 4.10. The van der Waals surface area contributed by atoms with Crippen LogP contribution in [0.25, 0.3) is 0 Å². The second-order valence-electron chi connectivity index (χ2n) is 4.10. The van der Waals surface area contributed by atoms with Gasteiger partial charge in [0.25, 0.3) is 0 Å². The second kappa shape index (κ2) is 2.92. The van der Waals surface area contributed by atoms with Crippen molar-refractivity contribution in [3.8, 4) is 0 Å². The highest BCUT2D eigenvalue weighted by Gasteiger charge is 2.35. The molecule has 0 spiro atoms. The molecule has 0 aromatic carbocycles. The first kappa shape index (κ1) is 9.30. The van der Waals surface area contributed by atoms with Gasteiger partial charge in [0, 0.05) is 0 Å². The van der Waals surface area contributed by atoms with Crippen LogP contribution in [0.4, 0.5) is 0 Å². The Hall–Kier alpha value is -0.790. The average molecular weight is 168 g/mol. The van der Waals surface area contributed by atoms with E-state index in [-0.39, 0.29) is 0 Å². The lowest BCUT2D eigenvalue weighted by molar-refractivity contribution is -0.148. The summed E-state index contributed by atoms with van der Waals surface area (Å²) in [4.78, 5) is 10.9. The Labute approximate surface area is 73.3 Å². The fourth-order valence-electron chi connectivity index (χ4n) is 1.68. The summed E-state index contributed by atoms with van der Waals surface area (Å²) in [6.45, 7) is 5.97. The van der Waals surface area contributed by atoms with E-state index in [2.05, 4.69) is 6.92 Å². The fourth-order valence-corrected chi connectivity index (χ4v) is 1.68. The van der Waals surface area contributed by atoms with Gasteiger partial charge >= 0.3 is 5.97 Å². The topological polar surface area (TPSA) is 37.3 Å². The van der Waals surface area contributed by atoms with Gasteiger partial charge < -0.3 is 5.11 Å². The third kappa shape index (κ3) is 1.52. The van der Waals surface area contributed by atoms with Gasteiger partial charge in [0.15, 0.2) is 0 Å². The Kier molecular flexibility index (Phi) is 2.27. The fraction of sp³-hybridized carbons (Fsp3) is 0.700. The molecular weight excluding hydrogens is 152 g/mol. The van der Waals surface area contributed by atoms with Crippen molar-refractivity contribution in [3.63, 3.8) is 0 Å². The number of carbonyl (C=O) groups is 1. The van der Waals surface area contributed by atoms with Crippen LogP contribution in [0.1, 0.15) is 40.0 Å². The van der Waals surface area contributed by atoms with E-state index in [1.54, 1.807) is 0 Å². The average Bonchev–Trinajstić information content (AvgIpc) is 1.97. The minimum absolute atomic E-state index is 0.510. The Morgan fingerprint density at radius 1 is 1.42 bits per heavy atom. The van der Waals surface area contributed by atoms with Crippen molar-refractivity contribution in [2.75, 3.05) is 0 Å². The van der Waals surface area contributed by atoms with Crippen molar-refractivity contribution in [2.45, 2.75) is 40.0 Å². The molecule has 0 saturated carbocycles. The molecule has 0 fully saturated rings. The van der Waals surface area contributed by atoms with Crippen molar-refractivity contribution in [1.82, 2.24) is 0 Å². The van der Waals surface area contributed by atoms with Crippen LogP contribution < -0.4 is 0 Å². The largest absolute Gasteiger partial charge is 0.481 e. The highest BCUT2D eigenvalue weighted by atomic mass is 16.4. The number of carboxylic acids is 1. The highest BCUT2D eigenvalue weighted by Crippen LogP contribution is 2.38. The minimum Gasteiger partial charge on any atom is -0.481 e. The molecule has 0 aliphatic heterocycles. The quantitative estimate of drug-likeness (QED) is 0.611. The molecule has 12 heavy (non-hydrogen) atoms. The molecule has 0 unspecified atom stereocenters. The predicted molar refractivity (Wildman–Crippen MR) is 48.0 cm³/mol. The van der Waals surface area contributed by atoms with Gasteiger partial charge in [-0.05, 0) is 40.0 Å². The lowest BCUT2D eigenvalue weighted by Crippen LogP contribution is -2.30. The molecule has 1 atom stereocenters. The Balaban J connectivity index is 2.84. The molecule has 0 aromatic rings. The van der Waals surface area contributed by atoms with Gasteiger partial charge in [0.1, 0.15) is 0 Å². The van der Waals surface area contributed by atoms with Crippen LogP contribution >= 0.6 is 0 Å². The van der Waals surface area contributed by atoms with E-state index >= 15 is 0 Å². The van der Waals surface area contributed by atoms with Crippen molar-refractivity contribution in [1.29, 1.82) is 0 Å². The van der Waals surface area contributed by atoms with Crippen molar-refractivity contribution < 1.29 is 9.90 Å². The van der Waals surface area contributed by atoms with Crippen LogP contribution in [-0.2, 0) is 4.79 Å². The number of carboxylic acid groups (broad SMARTS) is 1. The van der Waals surface area contributed by atoms with E-state index in [0.29, 0.717) is 6.42 Å². The van der Waals surface area contributed by atoms with Crippen LogP contribution in [-0.4, -0.2) is 11.1 Å². The first-order valence-electron chi connectivity index (χ1n) is 4.34. The molecular formula is C10H16O2. The molecule has 2 heteroatoms. The van der Waals surface area contributed by atoms with Gasteiger partial charge in [0.05, 0.1) is 5.41 Å². The zero-order chi connectivity index (χ0) is 9.35. The van der Waals surface area contributed by atoms with E-state index in [1.807, 2.05) is 13.8 Å².